The van der Waals surface area contributed by atoms with E-state index in [0.29, 0.717) is 17.4 Å². The normalized spacial score (nSPS) is 19.7. The van der Waals surface area contributed by atoms with E-state index in [0.717, 1.165) is 0 Å². The van der Waals surface area contributed by atoms with Crippen molar-refractivity contribution in [3.8, 4) is 5.75 Å². The summed E-state index contributed by atoms with van der Waals surface area (Å²) in [5.74, 6) is -0.853. The number of ether oxygens (including phenoxy) is 2. The van der Waals surface area contributed by atoms with E-state index in [9.17, 15) is 14.0 Å². The Kier molecular flexibility index (Phi) is 5.57. The molecule has 1 fully saturated rings. The monoisotopic (exact) mass is 394 g/mol. The second-order valence-corrected chi connectivity index (χ2v) is 7.10. The molecule has 0 spiro atoms. The summed E-state index contributed by atoms with van der Waals surface area (Å²) >= 11 is 1.17. The van der Waals surface area contributed by atoms with E-state index in [-0.39, 0.29) is 43.6 Å². The van der Waals surface area contributed by atoms with E-state index in [4.69, 9.17) is 20.9 Å². The van der Waals surface area contributed by atoms with Gasteiger partial charge in [-0.15, -0.1) is 11.3 Å². The Bertz CT molecular complexity index is 829. The molecule has 1 saturated heterocycles. The van der Waals surface area contributed by atoms with Crippen LogP contribution in [0.4, 0.5) is 9.52 Å². The number of amides is 2. The molecule has 0 saturated carbocycles. The number of hydrogen-bond acceptors (Lipinski definition) is 7. The minimum Gasteiger partial charge on any atom is -0.490 e. The molecule has 8 nitrogen and oxygen atoms in total. The average Bonchev–Trinajstić information content (AvgIpc) is 3.07. The number of nitrogens with two attached hydrogens (primary N) is 2. The molecule has 2 amide bonds. The van der Waals surface area contributed by atoms with E-state index < -0.39 is 11.5 Å². The van der Waals surface area contributed by atoms with Crippen LogP contribution in [0, 0.1) is 5.82 Å². The second-order valence-electron chi connectivity index (χ2n) is 6.21. The van der Waals surface area contributed by atoms with Crippen molar-refractivity contribution in [2.45, 2.75) is 12.0 Å². The number of anilines is 1. The lowest BCUT2D eigenvalue weighted by molar-refractivity contribution is -0.142. The number of thiazole rings is 1. The highest BCUT2D eigenvalue weighted by Crippen LogP contribution is 2.26. The van der Waals surface area contributed by atoms with Gasteiger partial charge >= 0.3 is 0 Å². The third-order valence-corrected chi connectivity index (χ3v) is 4.76. The molecular formula is C17H19FN4O4S. The smallest absolute Gasteiger partial charge is 0.273 e. The van der Waals surface area contributed by atoms with Crippen molar-refractivity contribution in [1.82, 2.24) is 9.88 Å². The number of primary amides is 1. The van der Waals surface area contributed by atoms with Crippen LogP contribution in [0.15, 0.2) is 29.6 Å². The Morgan fingerprint density at radius 3 is 2.74 bits per heavy atom. The molecule has 0 radical (unpaired) electrons. The van der Waals surface area contributed by atoms with Crippen LogP contribution in [0.5, 0.6) is 5.75 Å². The molecule has 2 heterocycles. The van der Waals surface area contributed by atoms with Crippen LogP contribution in [-0.4, -0.2) is 53.6 Å². The van der Waals surface area contributed by atoms with E-state index in [1.807, 2.05) is 0 Å². The highest BCUT2D eigenvalue weighted by molar-refractivity contribution is 7.13. The molecule has 0 bridgehead atoms. The molecule has 0 aliphatic carbocycles. The lowest BCUT2D eigenvalue weighted by Crippen LogP contribution is -2.58. The van der Waals surface area contributed by atoms with Crippen molar-refractivity contribution in [1.29, 1.82) is 0 Å². The Hall–Kier alpha value is -2.72. The summed E-state index contributed by atoms with van der Waals surface area (Å²) in [5.41, 5.74) is 10.1. The third kappa shape index (κ3) is 4.72. The molecule has 10 heteroatoms. The summed E-state index contributed by atoms with van der Waals surface area (Å²) in [7, 11) is 0. The topological polar surface area (TPSA) is 121 Å². The molecule has 1 atom stereocenters. The Morgan fingerprint density at radius 2 is 2.11 bits per heavy atom. The standard InChI is InChI=1S/C17H19FN4O4S/c18-11-1-3-12(4-2-11)25-10-17(7-14(19)23)9-22(5-6-26-17)15(24)13-8-27-16(20)21-13/h1-4,8H,5-7,9-10H2,(H2,19,23)(H2,20,21)/t17-/m0/s1. The maximum atomic E-state index is 13.0. The molecule has 1 aromatic carbocycles. The minimum atomic E-state index is -1.10. The number of carbonyl (C=O) groups excluding carboxylic acids is 2. The first kappa shape index (κ1) is 19.1. The van der Waals surface area contributed by atoms with Gasteiger partial charge in [0, 0.05) is 11.9 Å². The zero-order valence-electron chi connectivity index (χ0n) is 14.4. The Morgan fingerprint density at radius 1 is 1.37 bits per heavy atom. The SMILES string of the molecule is NC(=O)C[C@@]1(COc2ccc(F)cc2)CN(C(=O)c2csc(N)n2)CCO1. The zero-order chi connectivity index (χ0) is 19.4. The predicted octanol–water partition coefficient (Wildman–Crippen LogP) is 1.03. The van der Waals surface area contributed by atoms with Crippen LogP contribution in [0.3, 0.4) is 0 Å². The van der Waals surface area contributed by atoms with Gasteiger partial charge in [0.05, 0.1) is 19.6 Å². The van der Waals surface area contributed by atoms with Gasteiger partial charge in [0.1, 0.15) is 29.5 Å². The lowest BCUT2D eigenvalue weighted by atomic mass is 9.97. The number of rotatable bonds is 6. The highest BCUT2D eigenvalue weighted by Gasteiger charge is 2.41. The van der Waals surface area contributed by atoms with Crippen molar-refractivity contribution in [2.75, 3.05) is 32.0 Å². The van der Waals surface area contributed by atoms with Crippen molar-refractivity contribution in [3.63, 3.8) is 0 Å². The number of carbonyl (C=O) groups is 2. The molecule has 4 N–H and O–H groups in total. The van der Waals surface area contributed by atoms with E-state index in [1.165, 1.54) is 40.5 Å². The summed E-state index contributed by atoms with van der Waals surface area (Å²) in [5, 5.41) is 1.88. The van der Waals surface area contributed by atoms with E-state index >= 15 is 0 Å². The predicted molar refractivity (Wildman–Crippen MR) is 96.8 cm³/mol. The van der Waals surface area contributed by atoms with Gasteiger partial charge in [0.25, 0.3) is 5.91 Å². The van der Waals surface area contributed by atoms with Crippen LogP contribution >= 0.6 is 11.3 Å². The molecule has 1 aliphatic rings. The number of nitrogens with zero attached hydrogens (tertiary/aromatic N) is 2. The number of halogens is 1. The van der Waals surface area contributed by atoms with Gasteiger partial charge in [-0.2, -0.15) is 0 Å². The van der Waals surface area contributed by atoms with E-state index in [2.05, 4.69) is 4.98 Å². The van der Waals surface area contributed by atoms with Crippen LogP contribution in [-0.2, 0) is 9.53 Å². The van der Waals surface area contributed by atoms with Crippen molar-refractivity contribution >= 4 is 28.3 Å². The van der Waals surface area contributed by atoms with Crippen LogP contribution in [0.2, 0.25) is 0 Å². The number of aromatic nitrogens is 1. The number of morpholine rings is 1. The molecule has 1 aromatic heterocycles. The molecule has 0 unspecified atom stereocenters. The van der Waals surface area contributed by atoms with Gasteiger partial charge in [0.15, 0.2) is 5.13 Å². The molecule has 144 valence electrons. The molecule has 3 rings (SSSR count). The quantitative estimate of drug-likeness (QED) is 0.755. The third-order valence-electron chi connectivity index (χ3n) is 4.09. The van der Waals surface area contributed by atoms with Crippen molar-refractivity contribution in [3.05, 3.63) is 41.2 Å². The van der Waals surface area contributed by atoms with Gasteiger partial charge in [-0.1, -0.05) is 0 Å². The van der Waals surface area contributed by atoms with Gasteiger partial charge in [-0.05, 0) is 24.3 Å². The summed E-state index contributed by atoms with van der Waals surface area (Å²) in [4.78, 5) is 29.8. The summed E-state index contributed by atoms with van der Waals surface area (Å²) in [6.45, 7) is 0.636. The van der Waals surface area contributed by atoms with Crippen LogP contribution in [0.1, 0.15) is 16.9 Å². The molecule has 1 aliphatic heterocycles. The molecule has 27 heavy (non-hydrogen) atoms. The highest BCUT2D eigenvalue weighted by atomic mass is 32.1. The van der Waals surface area contributed by atoms with Gasteiger partial charge in [-0.3, -0.25) is 9.59 Å². The lowest BCUT2D eigenvalue weighted by Gasteiger charge is -2.41. The maximum absolute atomic E-state index is 13.0. The fourth-order valence-corrected chi connectivity index (χ4v) is 3.41. The van der Waals surface area contributed by atoms with Gasteiger partial charge < -0.3 is 25.8 Å². The van der Waals surface area contributed by atoms with Crippen LogP contribution < -0.4 is 16.2 Å². The fraction of sp³-hybridized carbons (Fsp3) is 0.353. The summed E-state index contributed by atoms with van der Waals surface area (Å²) in [6.07, 6.45) is -0.128. The number of benzene rings is 1. The van der Waals surface area contributed by atoms with Crippen molar-refractivity contribution in [2.24, 2.45) is 5.73 Å². The fourth-order valence-electron chi connectivity index (χ4n) is 2.87. The Balaban J connectivity index is 1.74. The summed E-state index contributed by atoms with van der Waals surface area (Å²) < 4.78 is 24.5. The van der Waals surface area contributed by atoms with Crippen molar-refractivity contribution < 1.29 is 23.5 Å². The largest absolute Gasteiger partial charge is 0.490 e. The van der Waals surface area contributed by atoms with Crippen LogP contribution in [0.25, 0.3) is 0 Å². The minimum absolute atomic E-state index is 0.0233. The first-order valence-corrected chi connectivity index (χ1v) is 9.06. The number of hydrogen-bond donors (Lipinski definition) is 2. The first-order chi connectivity index (χ1) is 12.9. The average molecular weight is 394 g/mol. The van der Waals surface area contributed by atoms with Gasteiger partial charge in [-0.25, -0.2) is 9.37 Å². The molecule has 2 aromatic rings. The second kappa shape index (κ2) is 7.89. The number of nitrogen functional groups attached to an aromatic ring is 1. The Labute approximate surface area is 158 Å². The maximum Gasteiger partial charge on any atom is 0.273 e. The molecular weight excluding hydrogens is 375 g/mol. The zero-order valence-corrected chi connectivity index (χ0v) is 15.2. The van der Waals surface area contributed by atoms with E-state index in [1.54, 1.807) is 5.38 Å². The summed E-state index contributed by atoms with van der Waals surface area (Å²) in [6, 6.07) is 5.47. The first-order valence-electron chi connectivity index (χ1n) is 8.18. The van der Waals surface area contributed by atoms with Gasteiger partial charge in [0.2, 0.25) is 5.91 Å².